The van der Waals surface area contributed by atoms with Crippen LogP contribution < -0.4 is 5.32 Å². The molecule has 2 nitrogen and oxygen atoms in total. The Bertz CT molecular complexity index is 465. The molecule has 0 heterocycles. The number of rotatable bonds is 7. The second-order valence-electron chi connectivity index (χ2n) is 4.28. The number of carbonyl (C=O) groups is 1. The highest BCUT2D eigenvalue weighted by molar-refractivity contribution is 5.81. The van der Waals surface area contributed by atoms with Gasteiger partial charge in [-0.3, -0.25) is 4.79 Å². The molecular weight excluding hydrogens is 279 g/mol. The van der Waals surface area contributed by atoms with E-state index < -0.39 is 12.1 Å². The molecule has 0 saturated heterocycles. The lowest BCUT2D eigenvalue weighted by atomic mass is 10.1. The molecule has 0 atom stereocenters. The molecule has 0 radical (unpaired) electrons. The van der Waals surface area contributed by atoms with Crippen LogP contribution in [-0.4, -0.2) is 18.6 Å². The van der Waals surface area contributed by atoms with Crippen molar-refractivity contribution in [3.05, 3.63) is 35.5 Å². The van der Waals surface area contributed by atoms with Crippen molar-refractivity contribution >= 4 is 5.91 Å². The molecule has 0 unspecified atom stereocenters. The van der Waals surface area contributed by atoms with E-state index in [1.807, 2.05) is 37.4 Å². The SMILES string of the molecule is C#CC(/C=C(\C=C/CC)CCCNC(=O)C(F)(F)F)=C/C. The Hall–Kier alpha value is -1.96. The van der Waals surface area contributed by atoms with Crippen LogP contribution in [-0.2, 0) is 4.79 Å². The molecule has 0 saturated carbocycles. The summed E-state index contributed by atoms with van der Waals surface area (Å²) in [6.07, 6.45) is 9.74. The zero-order chi connectivity index (χ0) is 16.3. The molecule has 0 rings (SSSR count). The smallest absolute Gasteiger partial charge is 0.348 e. The number of alkyl halides is 3. The number of hydrogen-bond donors (Lipinski definition) is 1. The third-order valence-corrected chi connectivity index (χ3v) is 2.57. The summed E-state index contributed by atoms with van der Waals surface area (Å²) in [7, 11) is 0. The Morgan fingerprint density at radius 1 is 1.38 bits per heavy atom. The Labute approximate surface area is 123 Å². The van der Waals surface area contributed by atoms with Crippen LogP contribution in [0.5, 0.6) is 0 Å². The zero-order valence-corrected chi connectivity index (χ0v) is 12.3. The summed E-state index contributed by atoms with van der Waals surface area (Å²) < 4.78 is 36.0. The van der Waals surface area contributed by atoms with Crippen LogP contribution in [0.3, 0.4) is 0 Å². The van der Waals surface area contributed by atoms with Gasteiger partial charge in [0, 0.05) is 12.1 Å². The number of nitrogens with one attached hydrogen (secondary N) is 1. The molecular formula is C16H20F3NO. The van der Waals surface area contributed by atoms with Crippen LogP contribution >= 0.6 is 0 Å². The fourth-order valence-electron chi connectivity index (χ4n) is 1.48. The number of hydrogen-bond acceptors (Lipinski definition) is 1. The predicted molar refractivity (Wildman–Crippen MR) is 78.4 cm³/mol. The monoisotopic (exact) mass is 299 g/mol. The molecule has 21 heavy (non-hydrogen) atoms. The molecule has 0 fully saturated rings. The lowest BCUT2D eigenvalue weighted by Gasteiger charge is -2.08. The Balaban J connectivity index is 4.50. The molecule has 0 aromatic heterocycles. The molecule has 1 N–H and O–H groups in total. The van der Waals surface area contributed by atoms with Gasteiger partial charge in [-0.15, -0.1) is 6.42 Å². The summed E-state index contributed by atoms with van der Waals surface area (Å²) in [6.45, 7) is 3.77. The molecule has 116 valence electrons. The molecule has 0 bridgehead atoms. The van der Waals surface area contributed by atoms with Crippen LogP contribution in [0.15, 0.2) is 35.5 Å². The van der Waals surface area contributed by atoms with E-state index in [1.54, 1.807) is 6.08 Å². The average Bonchev–Trinajstić information content (AvgIpc) is 2.44. The summed E-state index contributed by atoms with van der Waals surface area (Å²) in [5.41, 5.74) is 1.63. The van der Waals surface area contributed by atoms with Gasteiger partial charge in [0.05, 0.1) is 0 Å². The number of carbonyl (C=O) groups excluding carboxylic acids is 1. The minimum absolute atomic E-state index is 0.0309. The molecule has 0 aromatic carbocycles. The number of halogens is 3. The molecule has 5 heteroatoms. The largest absolute Gasteiger partial charge is 0.471 e. The zero-order valence-electron chi connectivity index (χ0n) is 12.3. The lowest BCUT2D eigenvalue weighted by molar-refractivity contribution is -0.173. The van der Waals surface area contributed by atoms with Gasteiger partial charge in [0.2, 0.25) is 0 Å². The first-order valence-electron chi connectivity index (χ1n) is 6.70. The summed E-state index contributed by atoms with van der Waals surface area (Å²) in [5, 5.41) is 1.85. The molecule has 0 aliphatic heterocycles. The van der Waals surface area contributed by atoms with Crippen molar-refractivity contribution in [2.24, 2.45) is 0 Å². The van der Waals surface area contributed by atoms with E-state index in [0.717, 1.165) is 12.0 Å². The van der Waals surface area contributed by atoms with E-state index in [9.17, 15) is 18.0 Å². The van der Waals surface area contributed by atoms with E-state index in [0.29, 0.717) is 18.4 Å². The number of amides is 1. The predicted octanol–water partition coefficient (Wildman–Crippen LogP) is 3.92. The van der Waals surface area contributed by atoms with Crippen LogP contribution in [0, 0.1) is 12.3 Å². The molecule has 0 aromatic rings. The van der Waals surface area contributed by atoms with Gasteiger partial charge < -0.3 is 5.32 Å². The lowest BCUT2D eigenvalue weighted by Crippen LogP contribution is -2.37. The van der Waals surface area contributed by atoms with E-state index in [1.165, 1.54) is 0 Å². The average molecular weight is 299 g/mol. The van der Waals surface area contributed by atoms with Crippen molar-refractivity contribution in [1.82, 2.24) is 5.32 Å². The van der Waals surface area contributed by atoms with E-state index in [4.69, 9.17) is 6.42 Å². The highest BCUT2D eigenvalue weighted by Crippen LogP contribution is 2.15. The fourth-order valence-corrected chi connectivity index (χ4v) is 1.48. The summed E-state index contributed by atoms with van der Waals surface area (Å²) in [4.78, 5) is 10.7. The second kappa shape index (κ2) is 9.87. The van der Waals surface area contributed by atoms with Crippen LogP contribution in [0.2, 0.25) is 0 Å². The minimum Gasteiger partial charge on any atom is -0.348 e. The Kier molecular flexibility index (Phi) is 8.95. The summed E-state index contributed by atoms with van der Waals surface area (Å²) >= 11 is 0. The summed E-state index contributed by atoms with van der Waals surface area (Å²) in [6, 6.07) is 0. The van der Waals surface area contributed by atoms with Gasteiger partial charge in [-0.1, -0.05) is 31.1 Å². The van der Waals surface area contributed by atoms with Crippen molar-refractivity contribution in [3.63, 3.8) is 0 Å². The summed E-state index contributed by atoms with van der Waals surface area (Å²) in [5.74, 6) is 0.612. The van der Waals surface area contributed by atoms with E-state index in [-0.39, 0.29) is 6.54 Å². The molecule has 0 aliphatic rings. The third kappa shape index (κ3) is 8.74. The Morgan fingerprint density at radius 2 is 2.05 bits per heavy atom. The van der Waals surface area contributed by atoms with Crippen molar-refractivity contribution in [1.29, 1.82) is 0 Å². The highest BCUT2D eigenvalue weighted by Gasteiger charge is 2.38. The quantitative estimate of drug-likeness (QED) is 0.431. The van der Waals surface area contributed by atoms with Crippen molar-refractivity contribution in [2.45, 2.75) is 39.3 Å². The van der Waals surface area contributed by atoms with Crippen molar-refractivity contribution in [3.8, 4) is 12.3 Å². The maximum Gasteiger partial charge on any atom is 0.471 e. The maximum atomic E-state index is 12.0. The standard InChI is InChI=1S/C16H20F3NO/c1-4-7-9-14(12-13(5-2)6-3)10-8-11-20-15(21)16(17,18)19/h2,6-7,9,12H,4,8,10-11H2,1,3H3,(H,20,21)/b9-7-,13-6-,14-12+. The second-order valence-corrected chi connectivity index (χ2v) is 4.28. The minimum atomic E-state index is -4.83. The van der Waals surface area contributed by atoms with Gasteiger partial charge in [-0.25, -0.2) is 0 Å². The molecule has 0 spiro atoms. The highest BCUT2D eigenvalue weighted by atomic mass is 19.4. The van der Waals surface area contributed by atoms with Crippen molar-refractivity contribution in [2.75, 3.05) is 6.54 Å². The maximum absolute atomic E-state index is 12.0. The van der Waals surface area contributed by atoms with Crippen LogP contribution in [0.25, 0.3) is 0 Å². The van der Waals surface area contributed by atoms with Gasteiger partial charge in [0.15, 0.2) is 0 Å². The topological polar surface area (TPSA) is 29.1 Å². The van der Waals surface area contributed by atoms with Crippen LogP contribution in [0.1, 0.15) is 33.1 Å². The normalized spacial score (nSPS) is 13.3. The first kappa shape index (κ1) is 19.0. The van der Waals surface area contributed by atoms with Gasteiger partial charge >= 0.3 is 12.1 Å². The van der Waals surface area contributed by atoms with Gasteiger partial charge in [-0.2, -0.15) is 13.2 Å². The number of allylic oxidation sites excluding steroid dienone is 6. The van der Waals surface area contributed by atoms with E-state index in [2.05, 4.69) is 5.92 Å². The fraction of sp³-hybridized carbons (Fsp3) is 0.438. The third-order valence-electron chi connectivity index (χ3n) is 2.57. The van der Waals surface area contributed by atoms with Crippen molar-refractivity contribution < 1.29 is 18.0 Å². The Morgan fingerprint density at radius 3 is 2.52 bits per heavy atom. The molecule has 1 amide bonds. The van der Waals surface area contributed by atoms with Gasteiger partial charge in [0.25, 0.3) is 0 Å². The molecule has 0 aliphatic carbocycles. The van der Waals surface area contributed by atoms with E-state index >= 15 is 0 Å². The van der Waals surface area contributed by atoms with Crippen LogP contribution in [0.4, 0.5) is 13.2 Å². The van der Waals surface area contributed by atoms with Gasteiger partial charge in [-0.05, 0) is 37.8 Å². The first-order chi connectivity index (χ1) is 9.85. The number of terminal acetylenes is 1. The van der Waals surface area contributed by atoms with Gasteiger partial charge in [0.1, 0.15) is 0 Å². The first-order valence-corrected chi connectivity index (χ1v) is 6.70.